The summed E-state index contributed by atoms with van der Waals surface area (Å²) in [6.45, 7) is 0. The molecule has 0 saturated heterocycles. The lowest BCUT2D eigenvalue weighted by molar-refractivity contribution is 0.0699. The van der Waals surface area contributed by atoms with Gasteiger partial charge in [-0.25, -0.2) is 4.79 Å². The number of hydrogen-bond acceptors (Lipinski definition) is 4. The topological polar surface area (TPSA) is 91.8 Å². The Labute approximate surface area is 88.9 Å². The Balaban J connectivity index is 2.59. The van der Waals surface area contributed by atoms with Gasteiger partial charge in [0.05, 0.1) is 11.1 Å². The number of carboxylic acid groups (broad SMARTS) is 1. The molecule has 78 valence electrons. The Morgan fingerprint density at radius 3 is 2.81 bits per heavy atom. The maximum Gasteiger partial charge on any atom is 0.336 e. The van der Waals surface area contributed by atoms with Crippen molar-refractivity contribution in [3.63, 3.8) is 0 Å². The van der Waals surface area contributed by atoms with Crippen LogP contribution in [0.1, 0.15) is 10.4 Å². The molecule has 0 saturated carbocycles. The van der Waals surface area contributed by atoms with Crippen LogP contribution in [0, 0.1) is 0 Å². The molecule has 2 heterocycles. The predicted molar refractivity (Wildman–Crippen MR) is 56.1 cm³/mol. The molecule has 1 aromatic carbocycles. The molecular formula is C10H6N4O2. The molecule has 2 N–H and O–H groups in total. The molecule has 3 aromatic rings. The van der Waals surface area contributed by atoms with Gasteiger partial charge in [-0.2, -0.15) is 15.4 Å². The first-order chi connectivity index (χ1) is 7.77. The lowest BCUT2D eigenvalue weighted by atomic mass is 10.1. The van der Waals surface area contributed by atoms with Crippen molar-refractivity contribution in [1.29, 1.82) is 0 Å². The summed E-state index contributed by atoms with van der Waals surface area (Å²) in [6.07, 6.45) is 1.47. The van der Waals surface area contributed by atoms with Crippen LogP contribution in [0.2, 0.25) is 0 Å². The van der Waals surface area contributed by atoms with Gasteiger partial charge in [0.25, 0.3) is 0 Å². The van der Waals surface area contributed by atoms with Crippen LogP contribution in [0.4, 0.5) is 0 Å². The molecule has 0 spiro atoms. The number of rotatable bonds is 1. The number of nitrogens with one attached hydrogen (secondary N) is 1. The molecule has 2 aromatic heterocycles. The zero-order valence-corrected chi connectivity index (χ0v) is 8.01. The Morgan fingerprint density at radius 1 is 1.19 bits per heavy atom. The second-order valence-electron chi connectivity index (χ2n) is 3.31. The van der Waals surface area contributed by atoms with Crippen LogP contribution in [0.5, 0.6) is 0 Å². The predicted octanol–water partition coefficient (Wildman–Crippen LogP) is 1.20. The summed E-state index contributed by atoms with van der Waals surface area (Å²) in [4.78, 5) is 15.2. The minimum atomic E-state index is -0.997. The smallest absolute Gasteiger partial charge is 0.336 e. The van der Waals surface area contributed by atoms with Crippen molar-refractivity contribution in [3.05, 3.63) is 30.0 Å². The van der Waals surface area contributed by atoms with E-state index < -0.39 is 5.97 Å². The third-order valence-electron chi connectivity index (χ3n) is 2.42. The quantitative estimate of drug-likeness (QED) is 0.635. The number of carbonyl (C=O) groups is 1. The first kappa shape index (κ1) is 8.78. The summed E-state index contributed by atoms with van der Waals surface area (Å²) in [5, 5.41) is 19.9. The Hall–Kier alpha value is -2.50. The van der Waals surface area contributed by atoms with Gasteiger partial charge in [-0.15, -0.1) is 0 Å². The van der Waals surface area contributed by atoms with E-state index in [-0.39, 0.29) is 5.56 Å². The Morgan fingerprint density at radius 2 is 2.00 bits per heavy atom. The number of aromatic amines is 1. The van der Waals surface area contributed by atoms with E-state index in [2.05, 4.69) is 20.4 Å². The lowest BCUT2D eigenvalue weighted by Crippen LogP contribution is -1.98. The molecule has 6 heteroatoms. The highest BCUT2D eigenvalue weighted by molar-refractivity contribution is 6.12. The van der Waals surface area contributed by atoms with Gasteiger partial charge < -0.3 is 5.11 Å². The van der Waals surface area contributed by atoms with Crippen molar-refractivity contribution in [3.8, 4) is 0 Å². The van der Waals surface area contributed by atoms with Gasteiger partial charge in [0, 0.05) is 11.6 Å². The maximum absolute atomic E-state index is 11.1. The van der Waals surface area contributed by atoms with Crippen LogP contribution in [0.3, 0.4) is 0 Å². The van der Waals surface area contributed by atoms with Crippen LogP contribution in [-0.4, -0.2) is 31.5 Å². The zero-order chi connectivity index (χ0) is 11.1. The van der Waals surface area contributed by atoms with E-state index >= 15 is 0 Å². The van der Waals surface area contributed by atoms with Gasteiger partial charge in [0.1, 0.15) is 11.0 Å². The fourth-order valence-electron chi connectivity index (χ4n) is 1.73. The molecule has 0 fully saturated rings. The molecule has 0 unspecified atom stereocenters. The highest BCUT2D eigenvalue weighted by Crippen LogP contribution is 2.23. The third kappa shape index (κ3) is 1.07. The number of benzene rings is 1. The number of carboxylic acids is 1. The van der Waals surface area contributed by atoms with Crippen molar-refractivity contribution in [2.24, 2.45) is 0 Å². The molecule has 16 heavy (non-hydrogen) atoms. The molecule has 0 atom stereocenters. The van der Waals surface area contributed by atoms with E-state index in [1.54, 1.807) is 12.1 Å². The van der Waals surface area contributed by atoms with Gasteiger partial charge in [0.2, 0.25) is 0 Å². The minimum absolute atomic E-state index is 0.185. The fraction of sp³-hybridized carbons (Fsp3) is 0. The SMILES string of the molecule is O=C(O)c1ccnc2ccc3n[nH]nc3c12. The van der Waals surface area contributed by atoms with Crippen molar-refractivity contribution >= 4 is 27.9 Å². The van der Waals surface area contributed by atoms with Crippen molar-refractivity contribution in [1.82, 2.24) is 20.4 Å². The van der Waals surface area contributed by atoms with E-state index in [4.69, 9.17) is 5.11 Å². The van der Waals surface area contributed by atoms with Gasteiger partial charge in [-0.1, -0.05) is 0 Å². The number of aromatic nitrogens is 4. The minimum Gasteiger partial charge on any atom is -0.478 e. The van der Waals surface area contributed by atoms with Gasteiger partial charge in [0.15, 0.2) is 0 Å². The first-order valence-electron chi connectivity index (χ1n) is 4.59. The van der Waals surface area contributed by atoms with E-state index in [1.807, 2.05) is 0 Å². The van der Waals surface area contributed by atoms with E-state index in [9.17, 15) is 4.79 Å². The fourth-order valence-corrected chi connectivity index (χ4v) is 1.73. The average Bonchev–Trinajstić information content (AvgIpc) is 2.76. The molecule has 6 nitrogen and oxygen atoms in total. The molecule has 0 aliphatic heterocycles. The van der Waals surface area contributed by atoms with Crippen molar-refractivity contribution in [2.45, 2.75) is 0 Å². The first-order valence-corrected chi connectivity index (χ1v) is 4.59. The average molecular weight is 214 g/mol. The number of aromatic carboxylic acids is 1. The van der Waals surface area contributed by atoms with Crippen LogP contribution >= 0.6 is 0 Å². The summed E-state index contributed by atoms with van der Waals surface area (Å²) in [5.74, 6) is -0.997. The molecule has 0 aliphatic carbocycles. The van der Waals surface area contributed by atoms with Crippen LogP contribution in [0.25, 0.3) is 21.9 Å². The van der Waals surface area contributed by atoms with Crippen LogP contribution < -0.4 is 0 Å². The normalized spacial score (nSPS) is 11.0. The van der Waals surface area contributed by atoms with Crippen LogP contribution in [0.15, 0.2) is 24.4 Å². The summed E-state index contributed by atoms with van der Waals surface area (Å²) < 4.78 is 0. The van der Waals surface area contributed by atoms with Gasteiger partial charge >= 0.3 is 5.97 Å². The largest absolute Gasteiger partial charge is 0.478 e. The van der Waals surface area contributed by atoms with Crippen molar-refractivity contribution in [2.75, 3.05) is 0 Å². The number of fused-ring (bicyclic) bond motifs is 3. The standard InChI is InChI=1S/C10H6N4O2/c15-10(16)5-3-4-11-6-1-2-7-9(8(5)6)13-14-12-7/h1-4H,(H,15,16)(H,12,13,14). The summed E-state index contributed by atoms with van der Waals surface area (Å²) in [6, 6.07) is 4.94. The number of pyridine rings is 1. The lowest BCUT2D eigenvalue weighted by Gasteiger charge is -2.00. The second kappa shape index (κ2) is 2.99. The monoisotopic (exact) mass is 214 g/mol. The molecule has 0 aliphatic rings. The van der Waals surface area contributed by atoms with E-state index in [0.29, 0.717) is 21.9 Å². The van der Waals surface area contributed by atoms with Gasteiger partial charge in [-0.05, 0) is 18.2 Å². The summed E-state index contributed by atoms with van der Waals surface area (Å²) in [7, 11) is 0. The number of nitrogens with zero attached hydrogens (tertiary/aromatic N) is 3. The highest BCUT2D eigenvalue weighted by atomic mass is 16.4. The van der Waals surface area contributed by atoms with Crippen molar-refractivity contribution < 1.29 is 9.90 Å². The number of H-pyrrole nitrogens is 1. The van der Waals surface area contributed by atoms with E-state index in [1.165, 1.54) is 12.3 Å². The molecule has 0 radical (unpaired) electrons. The highest BCUT2D eigenvalue weighted by Gasteiger charge is 2.13. The number of hydrogen-bond donors (Lipinski definition) is 2. The zero-order valence-electron chi connectivity index (χ0n) is 8.01. The molecule has 3 rings (SSSR count). The second-order valence-corrected chi connectivity index (χ2v) is 3.31. The van der Waals surface area contributed by atoms with Gasteiger partial charge in [-0.3, -0.25) is 4.98 Å². The Kier molecular flexibility index (Phi) is 1.64. The molecule has 0 amide bonds. The molecular weight excluding hydrogens is 208 g/mol. The van der Waals surface area contributed by atoms with Crippen LogP contribution in [-0.2, 0) is 0 Å². The third-order valence-corrected chi connectivity index (χ3v) is 2.42. The Bertz CT molecular complexity index is 704. The summed E-state index contributed by atoms with van der Waals surface area (Å²) >= 11 is 0. The van der Waals surface area contributed by atoms with E-state index in [0.717, 1.165) is 0 Å². The molecule has 0 bridgehead atoms. The summed E-state index contributed by atoms with van der Waals surface area (Å²) in [5.41, 5.74) is 1.94. The maximum atomic E-state index is 11.1.